The van der Waals surface area contributed by atoms with Crippen molar-refractivity contribution in [3.63, 3.8) is 0 Å². The Hall–Kier alpha value is -2.28. The lowest BCUT2D eigenvalue weighted by Gasteiger charge is -2.16. The van der Waals surface area contributed by atoms with Crippen molar-refractivity contribution >= 4 is 5.97 Å². The SMILES string of the molecule is COC(=O)[C@@H](Cc1ccccc1)n1nnnc1CCCO. The topological polar surface area (TPSA) is 90.1 Å². The van der Waals surface area contributed by atoms with Gasteiger partial charge < -0.3 is 9.84 Å². The first kappa shape index (κ1) is 15.1. The quantitative estimate of drug-likeness (QED) is 0.749. The molecule has 0 fully saturated rings. The summed E-state index contributed by atoms with van der Waals surface area (Å²) in [5.74, 6) is 0.173. The van der Waals surface area contributed by atoms with Crippen LogP contribution in [0.3, 0.4) is 0 Å². The van der Waals surface area contributed by atoms with E-state index in [1.165, 1.54) is 11.8 Å². The van der Waals surface area contributed by atoms with Gasteiger partial charge in [-0.25, -0.2) is 9.48 Å². The number of nitrogens with zero attached hydrogens (tertiary/aromatic N) is 4. The number of tetrazole rings is 1. The molecule has 1 aromatic carbocycles. The second-order valence-corrected chi connectivity index (χ2v) is 4.60. The Bertz CT molecular complexity index is 571. The Kier molecular flexibility index (Phi) is 5.39. The lowest BCUT2D eigenvalue weighted by atomic mass is 10.1. The molecule has 0 saturated carbocycles. The van der Waals surface area contributed by atoms with Gasteiger partial charge in [0, 0.05) is 19.4 Å². The van der Waals surface area contributed by atoms with Crippen LogP contribution in [0.2, 0.25) is 0 Å². The second kappa shape index (κ2) is 7.49. The number of methoxy groups -OCH3 is 1. The van der Waals surface area contributed by atoms with Crippen molar-refractivity contribution in [1.29, 1.82) is 0 Å². The maximum Gasteiger partial charge on any atom is 0.331 e. The molecule has 1 aromatic heterocycles. The second-order valence-electron chi connectivity index (χ2n) is 4.60. The lowest BCUT2D eigenvalue weighted by Crippen LogP contribution is -2.26. The fourth-order valence-electron chi connectivity index (χ4n) is 2.10. The Morgan fingerprint density at radius 1 is 1.38 bits per heavy atom. The third-order valence-electron chi connectivity index (χ3n) is 3.16. The minimum absolute atomic E-state index is 0.0500. The van der Waals surface area contributed by atoms with Gasteiger partial charge in [-0.15, -0.1) is 5.10 Å². The maximum absolute atomic E-state index is 12.1. The first-order chi connectivity index (χ1) is 10.3. The van der Waals surface area contributed by atoms with Gasteiger partial charge in [-0.05, 0) is 22.4 Å². The molecule has 2 aromatic rings. The van der Waals surface area contributed by atoms with Crippen LogP contribution in [0, 0.1) is 0 Å². The average molecular weight is 290 g/mol. The predicted octanol–water partition coefficient (Wildman–Crippen LogP) is 0.555. The third-order valence-corrected chi connectivity index (χ3v) is 3.16. The molecule has 112 valence electrons. The number of aliphatic hydroxyl groups excluding tert-OH is 1. The molecule has 0 amide bonds. The number of benzene rings is 1. The molecular formula is C14H18N4O3. The molecule has 1 N–H and O–H groups in total. The van der Waals surface area contributed by atoms with Crippen molar-refractivity contribution in [2.24, 2.45) is 0 Å². The van der Waals surface area contributed by atoms with Crippen LogP contribution in [0.4, 0.5) is 0 Å². The summed E-state index contributed by atoms with van der Waals surface area (Å²) < 4.78 is 6.34. The summed E-state index contributed by atoms with van der Waals surface area (Å²) >= 11 is 0. The van der Waals surface area contributed by atoms with E-state index < -0.39 is 12.0 Å². The third kappa shape index (κ3) is 3.85. The number of aliphatic hydroxyl groups is 1. The number of rotatable bonds is 7. The molecule has 0 saturated heterocycles. The van der Waals surface area contributed by atoms with Crippen molar-refractivity contribution in [2.75, 3.05) is 13.7 Å². The number of esters is 1. The molecule has 2 rings (SSSR count). The fourth-order valence-corrected chi connectivity index (χ4v) is 2.10. The Morgan fingerprint density at radius 3 is 2.81 bits per heavy atom. The molecule has 21 heavy (non-hydrogen) atoms. The summed E-state index contributed by atoms with van der Waals surface area (Å²) in [6, 6.07) is 9.01. The van der Waals surface area contributed by atoms with Gasteiger partial charge in [-0.3, -0.25) is 0 Å². The molecule has 0 aliphatic heterocycles. The molecule has 7 nitrogen and oxygen atoms in total. The highest BCUT2D eigenvalue weighted by molar-refractivity contribution is 5.74. The van der Waals surface area contributed by atoms with E-state index in [4.69, 9.17) is 9.84 Å². The van der Waals surface area contributed by atoms with Crippen LogP contribution < -0.4 is 0 Å². The fraction of sp³-hybridized carbons (Fsp3) is 0.429. The van der Waals surface area contributed by atoms with E-state index >= 15 is 0 Å². The number of aromatic nitrogens is 4. The van der Waals surface area contributed by atoms with E-state index in [9.17, 15) is 4.79 Å². The number of carbonyl (C=O) groups is 1. The highest BCUT2D eigenvalue weighted by atomic mass is 16.5. The van der Waals surface area contributed by atoms with Crippen molar-refractivity contribution in [3.05, 3.63) is 41.7 Å². The molecule has 7 heteroatoms. The van der Waals surface area contributed by atoms with Crippen LogP contribution >= 0.6 is 0 Å². The Morgan fingerprint density at radius 2 is 2.14 bits per heavy atom. The monoisotopic (exact) mass is 290 g/mol. The molecule has 0 aliphatic carbocycles. The minimum atomic E-state index is -0.610. The van der Waals surface area contributed by atoms with Crippen molar-refractivity contribution < 1.29 is 14.6 Å². The Balaban J connectivity index is 2.24. The lowest BCUT2D eigenvalue weighted by molar-refractivity contribution is -0.145. The van der Waals surface area contributed by atoms with Gasteiger partial charge in [0.2, 0.25) is 0 Å². The minimum Gasteiger partial charge on any atom is -0.467 e. The van der Waals surface area contributed by atoms with E-state index in [1.807, 2.05) is 30.3 Å². The molecule has 0 unspecified atom stereocenters. The van der Waals surface area contributed by atoms with E-state index in [0.717, 1.165) is 5.56 Å². The van der Waals surface area contributed by atoms with E-state index in [1.54, 1.807) is 0 Å². The first-order valence-corrected chi connectivity index (χ1v) is 6.75. The molecule has 1 atom stereocenters. The van der Waals surface area contributed by atoms with Crippen LogP contribution in [0.25, 0.3) is 0 Å². The summed E-state index contributed by atoms with van der Waals surface area (Å²) in [6.45, 7) is 0.0500. The van der Waals surface area contributed by atoms with Crippen molar-refractivity contribution in [3.8, 4) is 0 Å². The van der Waals surface area contributed by atoms with Gasteiger partial charge in [0.05, 0.1) is 7.11 Å². The average Bonchev–Trinajstić information content (AvgIpc) is 2.99. The van der Waals surface area contributed by atoms with Gasteiger partial charge >= 0.3 is 5.97 Å². The molecular weight excluding hydrogens is 272 g/mol. The zero-order valence-electron chi connectivity index (χ0n) is 11.8. The van der Waals surface area contributed by atoms with Crippen LogP contribution in [0.5, 0.6) is 0 Å². The molecule has 0 bridgehead atoms. The van der Waals surface area contributed by atoms with Crippen LogP contribution in [0.15, 0.2) is 30.3 Å². The maximum atomic E-state index is 12.1. The van der Waals surface area contributed by atoms with Crippen LogP contribution in [-0.4, -0.2) is 45.0 Å². The number of carbonyl (C=O) groups excluding carboxylic acids is 1. The predicted molar refractivity (Wildman–Crippen MR) is 74.4 cm³/mol. The van der Waals surface area contributed by atoms with E-state index in [-0.39, 0.29) is 6.61 Å². The molecule has 0 spiro atoms. The van der Waals surface area contributed by atoms with Gasteiger partial charge in [-0.2, -0.15) is 0 Å². The zero-order chi connectivity index (χ0) is 15.1. The largest absolute Gasteiger partial charge is 0.467 e. The van der Waals surface area contributed by atoms with Gasteiger partial charge in [-0.1, -0.05) is 30.3 Å². The highest BCUT2D eigenvalue weighted by Gasteiger charge is 2.25. The van der Waals surface area contributed by atoms with Gasteiger partial charge in [0.25, 0.3) is 0 Å². The molecule has 0 aliphatic rings. The first-order valence-electron chi connectivity index (χ1n) is 6.75. The van der Waals surface area contributed by atoms with E-state index in [2.05, 4.69) is 15.5 Å². The molecule has 1 heterocycles. The summed E-state index contributed by atoms with van der Waals surface area (Å²) in [5.41, 5.74) is 0.997. The van der Waals surface area contributed by atoms with Crippen molar-refractivity contribution in [2.45, 2.75) is 25.3 Å². The van der Waals surface area contributed by atoms with Gasteiger partial charge in [0.1, 0.15) is 0 Å². The number of aryl methyl sites for hydroxylation is 1. The van der Waals surface area contributed by atoms with Crippen molar-refractivity contribution in [1.82, 2.24) is 20.2 Å². The normalized spacial score (nSPS) is 12.1. The summed E-state index contributed by atoms with van der Waals surface area (Å²) in [5, 5.41) is 20.4. The van der Waals surface area contributed by atoms with Crippen LogP contribution in [-0.2, 0) is 22.4 Å². The standard InChI is InChI=1S/C14H18N4O3/c1-21-14(20)12(10-11-6-3-2-4-7-11)18-13(8-5-9-19)15-16-17-18/h2-4,6-7,12,19H,5,8-10H2,1H3/t12-/m1/s1. The summed E-state index contributed by atoms with van der Waals surface area (Å²) in [4.78, 5) is 12.1. The Labute approximate surface area is 122 Å². The summed E-state index contributed by atoms with van der Waals surface area (Å²) in [7, 11) is 1.35. The smallest absolute Gasteiger partial charge is 0.331 e. The summed E-state index contributed by atoms with van der Waals surface area (Å²) in [6.07, 6.45) is 1.50. The van der Waals surface area contributed by atoms with Gasteiger partial charge in [0.15, 0.2) is 11.9 Å². The number of ether oxygens (including phenoxy) is 1. The number of hydrogen-bond acceptors (Lipinski definition) is 6. The highest BCUT2D eigenvalue weighted by Crippen LogP contribution is 2.17. The van der Waals surface area contributed by atoms with Crippen LogP contribution in [0.1, 0.15) is 23.9 Å². The zero-order valence-corrected chi connectivity index (χ0v) is 11.8. The number of hydrogen-bond donors (Lipinski definition) is 1. The van der Waals surface area contributed by atoms with E-state index in [0.29, 0.717) is 25.1 Å². The molecule has 0 radical (unpaired) electrons.